The topological polar surface area (TPSA) is 53.3 Å². The second-order valence-electron chi connectivity index (χ2n) is 2.31. The van der Waals surface area contributed by atoms with Gasteiger partial charge in [-0.2, -0.15) is 0 Å². The van der Waals surface area contributed by atoms with E-state index in [-0.39, 0.29) is 11.6 Å². The molecule has 0 radical (unpaired) electrons. The van der Waals surface area contributed by atoms with E-state index in [1.165, 1.54) is 6.07 Å². The number of phenolic OH excluding ortho intramolecular Hbond substituents is 1. The van der Waals surface area contributed by atoms with Crippen LogP contribution in [0.15, 0.2) is 24.3 Å². The van der Waals surface area contributed by atoms with Gasteiger partial charge in [-0.15, -0.1) is 0 Å². The van der Waals surface area contributed by atoms with Gasteiger partial charge in [0, 0.05) is 5.56 Å². The van der Waals surface area contributed by atoms with Gasteiger partial charge in [-0.1, -0.05) is 6.07 Å². The number of ether oxygens (including phenoxy) is 1. The van der Waals surface area contributed by atoms with E-state index in [9.17, 15) is 0 Å². The molecule has 3 heteroatoms. The lowest BCUT2D eigenvalue weighted by molar-refractivity contribution is 0.325. The van der Waals surface area contributed by atoms with Crippen LogP contribution < -0.4 is 0 Å². The van der Waals surface area contributed by atoms with Crippen LogP contribution in [-0.4, -0.2) is 17.6 Å². The van der Waals surface area contributed by atoms with E-state index < -0.39 is 0 Å². The Hall–Kier alpha value is -1.51. The van der Waals surface area contributed by atoms with Gasteiger partial charge in [-0.3, -0.25) is 5.41 Å². The van der Waals surface area contributed by atoms with Crippen LogP contribution in [0.25, 0.3) is 0 Å². The Morgan fingerprint density at radius 1 is 1.58 bits per heavy atom. The summed E-state index contributed by atoms with van der Waals surface area (Å²) in [7, 11) is 0. The molecular weight excluding hydrogens is 154 g/mol. The van der Waals surface area contributed by atoms with E-state index in [1.54, 1.807) is 18.2 Å². The van der Waals surface area contributed by atoms with Crippen LogP contribution in [-0.2, 0) is 4.74 Å². The zero-order chi connectivity index (χ0) is 8.97. The number of nitrogens with one attached hydrogen (secondary N) is 1. The van der Waals surface area contributed by atoms with Gasteiger partial charge in [0.05, 0.1) is 6.61 Å². The summed E-state index contributed by atoms with van der Waals surface area (Å²) < 4.78 is 4.96. The van der Waals surface area contributed by atoms with Gasteiger partial charge in [0.2, 0.25) is 5.90 Å². The Kier molecular flexibility index (Phi) is 2.69. The monoisotopic (exact) mass is 165 g/mol. The first kappa shape index (κ1) is 8.59. The first-order chi connectivity index (χ1) is 5.74. The van der Waals surface area contributed by atoms with Crippen molar-refractivity contribution in [3.8, 4) is 5.75 Å². The maximum atomic E-state index is 9.08. The quantitative estimate of drug-likeness (QED) is 0.518. The molecule has 1 rings (SSSR count). The van der Waals surface area contributed by atoms with Crippen LogP contribution in [0.3, 0.4) is 0 Å². The third kappa shape index (κ3) is 1.99. The van der Waals surface area contributed by atoms with Crippen LogP contribution in [0.5, 0.6) is 5.75 Å². The molecule has 0 bridgehead atoms. The van der Waals surface area contributed by atoms with E-state index in [4.69, 9.17) is 15.3 Å². The molecule has 0 unspecified atom stereocenters. The second-order valence-corrected chi connectivity index (χ2v) is 2.31. The Morgan fingerprint density at radius 3 is 2.92 bits per heavy atom. The molecule has 0 saturated heterocycles. The maximum absolute atomic E-state index is 9.08. The lowest BCUT2D eigenvalue weighted by Crippen LogP contribution is -2.03. The Morgan fingerprint density at radius 2 is 2.33 bits per heavy atom. The van der Waals surface area contributed by atoms with Gasteiger partial charge in [0.25, 0.3) is 0 Å². The lowest BCUT2D eigenvalue weighted by atomic mass is 10.2. The standard InChI is InChI=1S/C9H11NO2/c1-2-12-9(10)7-4-3-5-8(11)6-7/h3-6,10-11H,2H2,1H3. The fraction of sp³-hybridized carbons (Fsp3) is 0.222. The first-order valence-electron chi connectivity index (χ1n) is 3.74. The zero-order valence-corrected chi connectivity index (χ0v) is 6.87. The van der Waals surface area contributed by atoms with Crippen molar-refractivity contribution in [3.05, 3.63) is 29.8 Å². The van der Waals surface area contributed by atoms with Gasteiger partial charge >= 0.3 is 0 Å². The average molecular weight is 165 g/mol. The van der Waals surface area contributed by atoms with E-state index in [0.29, 0.717) is 12.2 Å². The largest absolute Gasteiger partial charge is 0.508 e. The van der Waals surface area contributed by atoms with Gasteiger partial charge in [-0.05, 0) is 25.1 Å². The number of hydrogen-bond donors (Lipinski definition) is 2. The second kappa shape index (κ2) is 3.76. The van der Waals surface area contributed by atoms with Crippen LogP contribution in [0.1, 0.15) is 12.5 Å². The molecule has 0 spiro atoms. The SMILES string of the molecule is CCOC(=N)c1cccc(O)c1. The molecule has 3 nitrogen and oxygen atoms in total. The molecule has 1 aromatic rings. The molecule has 0 aliphatic heterocycles. The van der Waals surface area contributed by atoms with Crippen LogP contribution in [0.4, 0.5) is 0 Å². The molecule has 0 aliphatic rings. The van der Waals surface area contributed by atoms with E-state index in [0.717, 1.165) is 0 Å². The number of hydrogen-bond acceptors (Lipinski definition) is 3. The zero-order valence-electron chi connectivity index (χ0n) is 6.87. The molecule has 0 saturated carbocycles. The Bertz CT molecular complexity index is 284. The van der Waals surface area contributed by atoms with Gasteiger partial charge in [-0.25, -0.2) is 0 Å². The van der Waals surface area contributed by atoms with Gasteiger partial charge < -0.3 is 9.84 Å². The van der Waals surface area contributed by atoms with Gasteiger partial charge in [0.1, 0.15) is 5.75 Å². The molecule has 0 amide bonds. The summed E-state index contributed by atoms with van der Waals surface area (Å²) in [6.07, 6.45) is 0. The number of phenols is 1. The van der Waals surface area contributed by atoms with Crippen molar-refractivity contribution < 1.29 is 9.84 Å². The van der Waals surface area contributed by atoms with Gasteiger partial charge in [0.15, 0.2) is 0 Å². The first-order valence-corrected chi connectivity index (χ1v) is 3.74. The molecular formula is C9H11NO2. The van der Waals surface area contributed by atoms with E-state index >= 15 is 0 Å². The van der Waals surface area contributed by atoms with Crippen molar-refractivity contribution >= 4 is 5.90 Å². The van der Waals surface area contributed by atoms with Crippen LogP contribution in [0, 0.1) is 5.41 Å². The third-order valence-corrected chi connectivity index (χ3v) is 1.40. The third-order valence-electron chi connectivity index (χ3n) is 1.40. The van der Waals surface area contributed by atoms with Crippen molar-refractivity contribution in [2.24, 2.45) is 0 Å². The molecule has 1 aromatic carbocycles. The summed E-state index contributed by atoms with van der Waals surface area (Å²) in [4.78, 5) is 0. The number of aromatic hydroxyl groups is 1. The van der Waals surface area contributed by atoms with Crippen molar-refractivity contribution in [3.63, 3.8) is 0 Å². The predicted octanol–water partition coefficient (Wildman–Crippen LogP) is 1.75. The summed E-state index contributed by atoms with van der Waals surface area (Å²) in [5.41, 5.74) is 0.594. The van der Waals surface area contributed by atoms with Crippen molar-refractivity contribution in [1.82, 2.24) is 0 Å². The minimum atomic E-state index is 0.0911. The highest BCUT2D eigenvalue weighted by Crippen LogP contribution is 2.11. The van der Waals surface area contributed by atoms with Crippen molar-refractivity contribution in [1.29, 1.82) is 5.41 Å². The molecule has 0 fully saturated rings. The molecule has 12 heavy (non-hydrogen) atoms. The lowest BCUT2D eigenvalue weighted by Gasteiger charge is -2.04. The Labute approximate surface area is 71.1 Å². The fourth-order valence-electron chi connectivity index (χ4n) is 0.875. The highest BCUT2D eigenvalue weighted by molar-refractivity contribution is 5.91. The summed E-state index contributed by atoms with van der Waals surface area (Å²) in [5, 5.41) is 16.5. The molecule has 0 heterocycles. The normalized spacial score (nSPS) is 9.42. The molecule has 0 aliphatic carbocycles. The minimum Gasteiger partial charge on any atom is -0.508 e. The fourth-order valence-corrected chi connectivity index (χ4v) is 0.875. The molecule has 64 valence electrons. The van der Waals surface area contributed by atoms with Crippen molar-refractivity contribution in [2.75, 3.05) is 6.61 Å². The van der Waals surface area contributed by atoms with E-state index in [1.807, 2.05) is 6.92 Å². The summed E-state index contributed by atoms with van der Waals surface area (Å²) in [6, 6.07) is 6.46. The molecule has 0 aromatic heterocycles. The number of benzene rings is 1. The van der Waals surface area contributed by atoms with Crippen LogP contribution >= 0.6 is 0 Å². The highest BCUT2D eigenvalue weighted by atomic mass is 16.5. The Balaban J connectivity index is 2.81. The maximum Gasteiger partial charge on any atom is 0.213 e. The summed E-state index contributed by atoms with van der Waals surface area (Å²) in [6.45, 7) is 2.28. The molecule has 0 atom stereocenters. The average Bonchev–Trinajstić information content (AvgIpc) is 2.05. The summed E-state index contributed by atoms with van der Waals surface area (Å²) >= 11 is 0. The smallest absolute Gasteiger partial charge is 0.213 e. The number of rotatable bonds is 2. The highest BCUT2D eigenvalue weighted by Gasteiger charge is 2.00. The van der Waals surface area contributed by atoms with Crippen molar-refractivity contribution in [2.45, 2.75) is 6.92 Å². The van der Waals surface area contributed by atoms with Crippen LogP contribution in [0.2, 0.25) is 0 Å². The van der Waals surface area contributed by atoms with E-state index in [2.05, 4.69) is 0 Å². The summed E-state index contributed by atoms with van der Waals surface area (Å²) in [5.74, 6) is 0.241. The molecule has 2 N–H and O–H groups in total. The minimum absolute atomic E-state index is 0.0911. The predicted molar refractivity (Wildman–Crippen MR) is 46.6 cm³/mol.